The number of carbonyl (C=O) groups is 4. The van der Waals surface area contributed by atoms with Crippen molar-refractivity contribution >= 4 is 46.9 Å². The maximum Gasteiger partial charge on any atom is 0.407 e. The number of carbonyl (C=O) groups excluding carboxylic acids is 4. The number of amides is 6. The normalized spacial score (nSPS) is 20.1. The summed E-state index contributed by atoms with van der Waals surface area (Å²) >= 11 is 0. The summed E-state index contributed by atoms with van der Waals surface area (Å²) in [6, 6.07) is 23.8. The molecule has 3 aromatic heterocycles. The molecule has 5 heterocycles. The Morgan fingerprint density at radius 2 is 1.39 bits per heavy atom. The Hall–Kier alpha value is -7.06. The second-order valence-corrected chi connectivity index (χ2v) is 18.8. The van der Waals surface area contributed by atoms with Crippen LogP contribution in [-0.4, -0.2) is 145 Å². The molecule has 2 aromatic carbocycles. The molecule has 0 bridgehead atoms. The molecule has 20 nitrogen and oxygen atoms in total. The molecule has 1 saturated carbocycles. The van der Waals surface area contributed by atoms with Crippen LogP contribution in [0.1, 0.15) is 86.6 Å². The number of rotatable bonds is 14. The largest absolute Gasteiger partial charge is 0.444 e. The van der Waals surface area contributed by atoms with Crippen molar-refractivity contribution in [3.05, 3.63) is 108 Å². The van der Waals surface area contributed by atoms with E-state index in [2.05, 4.69) is 56.7 Å². The Bertz CT molecular complexity index is 2470. The van der Waals surface area contributed by atoms with Gasteiger partial charge >= 0.3 is 18.2 Å². The lowest BCUT2D eigenvalue weighted by atomic mass is 9.91. The molecular weight excluding hydrogens is 883 g/mol. The minimum absolute atomic E-state index is 0.0602. The van der Waals surface area contributed by atoms with Crippen LogP contribution in [0.25, 0.3) is 11.2 Å². The number of nitrogens with zero attached hydrogens (tertiary/aromatic N) is 7. The SMILES string of the molecule is CC(C)(C)OC(=O)N[C@H]1C[C@@H](n2cnc3c(NCC(c4ccccc4)c4ccccc4)nc(C(=O)NCCNC(=O)NC4CCN(C(=O)NC5CCN(c6ccccn6)CC5)CC4)nc32)[C@H](O)[C@@H]1O. The van der Waals surface area contributed by atoms with Gasteiger partial charge in [-0.3, -0.25) is 4.79 Å². The van der Waals surface area contributed by atoms with Crippen LogP contribution in [0, 0.1) is 0 Å². The van der Waals surface area contributed by atoms with Crippen molar-refractivity contribution in [3.63, 3.8) is 0 Å². The van der Waals surface area contributed by atoms with Crippen LogP contribution in [0.2, 0.25) is 0 Å². The van der Waals surface area contributed by atoms with E-state index in [1.54, 1.807) is 36.4 Å². The van der Waals surface area contributed by atoms with Crippen LogP contribution in [0.4, 0.5) is 26.0 Å². The summed E-state index contributed by atoms with van der Waals surface area (Å²) < 4.78 is 6.99. The Morgan fingerprint density at radius 3 is 2.04 bits per heavy atom. The lowest BCUT2D eigenvalue weighted by Crippen LogP contribution is -2.54. The molecule has 0 radical (unpaired) electrons. The molecule has 4 atom stereocenters. The molecule has 8 rings (SSSR count). The number of aliphatic hydroxyl groups excluding tert-OH is 2. The van der Waals surface area contributed by atoms with Gasteiger partial charge in [0.1, 0.15) is 29.1 Å². The van der Waals surface area contributed by atoms with Gasteiger partial charge in [-0.15, -0.1) is 0 Å². The monoisotopic (exact) mass is 945 g/mol. The number of pyridine rings is 1. The van der Waals surface area contributed by atoms with Gasteiger partial charge < -0.3 is 61.2 Å². The first-order chi connectivity index (χ1) is 33.3. The summed E-state index contributed by atoms with van der Waals surface area (Å²) in [7, 11) is 0. The third kappa shape index (κ3) is 12.3. The number of aliphatic hydroxyl groups is 2. The average molecular weight is 946 g/mol. The Morgan fingerprint density at radius 1 is 0.754 bits per heavy atom. The smallest absolute Gasteiger partial charge is 0.407 e. The number of ether oxygens (including phenoxy) is 1. The highest BCUT2D eigenvalue weighted by Crippen LogP contribution is 2.35. The number of anilines is 2. The van der Waals surface area contributed by atoms with Gasteiger partial charge in [-0.1, -0.05) is 66.7 Å². The number of fused-ring (bicyclic) bond motifs is 1. The van der Waals surface area contributed by atoms with Gasteiger partial charge in [0.15, 0.2) is 11.5 Å². The number of hydrogen-bond acceptors (Lipinski definition) is 13. The minimum atomic E-state index is -1.33. The van der Waals surface area contributed by atoms with Crippen molar-refractivity contribution in [2.45, 2.75) is 101 Å². The molecule has 8 N–H and O–H groups in total. The van der Waals surface area contributed by atoms with E-state index in [0.717, 1.165) is 42.9 Å². The fourth-order valence-electron chi connectivity index (χ4n) is 9.22. The molecule has 3 aliphatic rings. The fraction of sp³-hybridized carbons (Fsp3) is 0.469. The van der Waals surface area contributed by atoms with Gasteiger partial charge in [0.2, 0.25) is 5.82 Å². The van der Waals surface area contributed by atoms with Crippen molar-refractivity contribution in [2.75, 3.05) is 56.0 Å². The Balaban J connectivity index is 0.874. The predicted octanol–water partition coefficient (Wildman–Crippen LogP) is 3.90. The minimum Gasteiger partial charge on any atom is -0.444 e. The van der Waals surface area contributed by atoms with E-state index in [1.165, 1.54) is 6.33 Å². The molecule has 0 spiro atoms. The number of urea groups is 2. The van der Waals surface area contributed by atoms with Gasteiger partial charge in [0.25, 0.3) is 5.91 Å². The maximum absolute atomic E-state index is 13.8. The van der Waals surface area contributed by atoms with Crippen LogP contribution in [0.3, 0.4) is 0 Å². The van der Waals surface area contributed by atoms with E-state index in [4.69, 9.17) is 4.74 Å². The third-order valence-electron chi connectivity index (χ3n) is 12.8. The maximum atomic E-state index is 13.8. The van der Waals surface area contributed by atoms with Gasteiger partial charge in [0, 0.05) is 70.0 Å². The summed E-state index contributed by atoms with van der Waals surface area (Å²) in [4.78, 5) is 74.9. The van der Waals surface area contributed by atoms with Gasteiger partial charge in [0.05, 0.1) is 18.4 Å². The second kappa shape index (κ2) is 21.9. The molecule has 2 saturated heterocycles. The standard InChI is InChI=1S/C49H63N13O7/c1-49(2,3)69-48(68)57-36-28-37(41(64)40(36)63)62-30-54-39-42(53-29-35(31-12-6-4-7-13-31)32-14-8-5-9-15-32)58-43(59-44(39)62)45(65)51-22-23-52-46(66)55-33-19-26-61(27-20-33)47(67)56-34-17-24-60(25-18-34)38-16-10-11-21-50-38/h4-16,21,30,33-37,40-41,63-64H,17-20,22-29H2,1-3H3,(H,51,65)(H,56,67)(H,57,68)(H2,52,55,66)(H,53,58,59)/t36-,37+,40+,41-/m0/s1. The van der Waals surface area contributed by atoms with E-state index in [0.29, 0.717) is 38.0 Å². The van der Waals surface area contributed by atoms with Crippen LogP contribution < -0.4 is 36.8 Å². The number of benzene rings is 2. The molecule has 1 aliphatic carbocycles. The molecule has 5 aromatic rings. The highest BCUT2D eigenvalue weighted by molar-refractivity contribution is 5.94. The van der Waals surface area contributed by atoms with E-state index in [1.807, 2.05) is 78.9 Å². The number of likely N-dealkylation sites (tertiary alicyclic amines) is 1. The summed E-state index contributed by atoms with van der Waals surface area (Å²) in [5.41, 5.74) is 1.91. The van der Waals surface area contributed by atoms with Crippen LogP contribution in [0.15, 0.2) is 91.4 Å². The second-order valence-electron chi connectivity index (χ2n) is 18.8. The van der Waals surface area contributed by atoms with Gasteiger partial charge in [-0.05, 0) is 76.1 Å². The molecule has 20 heteroatoms. The number of nitrogens with one attached hydrogen (secondary N) is 6. The third-order valence-corrected chi connectivity index (χ3v) is 12.8. The molecule has 2 aliphatic heterocycles. The van der Waals surface area contributed by atoms with E-state index >= 15 is 0 Å². The number of hydrogen-bond donors (Lipinski definition) is 8. The number of imidazole rings is 1. The number of alkyl carbamates (subject to hydrolysis) is 1. The summed E-state index contributed by atoms with van der Waals surface area (Å²) in [5, 5.41) is 40.2. The highest BCUT2D eigenvalue weighted by atomic mass is 16.6. The zero-order valence-corrected chi connectivity index (χ0v) is 39.3. The summed E-state index contributed by atoms with van der Waals surface area (Å²) in [5.74, 6) is 0.323. The van der Waals surface area contributed by atoms with Crippen LogP contribution in [-0.2, 0) is 4.74 Å². The van der Waals surface area contributed by atoms with Crippen molar-refractivity contribution < 1.29 is 34.1 Å². The predicted molar refractivity (Wildman–Crippen MR) is 259 cm³/mol. The summed E-state index contributed by atoms with van der Waals surface area (Å²) in [6.45, 7) is 8.41. The fourth-order valence-corrected chi connectivity index (χ4v) is 9.22. The molecule has 6 amide bonds. The van der Waals surface area contributed by atoms with Crippen molar-refractivity contribution in [2.24, 2.45) is 0 Å². The number of aromatic nitrogens is 5. The first kappa shape index (κ1) is 48.4. The highest BCUT2D eigenvalue weighted by Gasteiger charge is 2.44. The van der Waals surface area contributed by atoms with E-state index in [-0.39, 0.29) is 66.9 Å². The van der Waals surface area contributed by atoms with E-state index in [9.17, 15) is 29.4 Å². The molecular formula is C49H63N13O7. The average Bonchev–Trinajstić information content (AvgIpc) is 3.90. The topological polar surface area (TPSA) is 253 Å². The Labute approximate surface area is 401 Å². The Kier molecular flexibility index (Phi) is 15.4. The summed E-state index contributed by atoms with van der Waals surface area (Å²) in [6.07, 6.45) is 2.89. The first-order valence-corrected chi connectivity index (χ1v) is 23.8. The zero-order chi connectivity index (χ0) is 48.5. The van der Waals surface area contributed by atoms with Gasteiger partial charge in [-0.2, -0.15) is 0 Å². The quantitative estimate of drug-likeness (QED) is 0.0737. The molecule has 0 unspecified atom stereocenters. The van der Waals surface area contributed by atoms with Crippen molar-refractivity contribution in [3.8, 4) is 0 Å². The van der Waals surface area contributed by atoms with E-state index < -0.39 is 41.9 Å². The molecule has 3 fully saturated rings. The van der Waals surface area contributed by atoms with Gasteiger partial charge in [-0.25, -0.2) is 34.3 Å². The zero-order valence-electron chi connectivity index (χ0n) is 39.3. The molecule has 69 heavy (non-hydrogen) atoms. The first-order valence-electron chi connectivity index (χ1n) is 23.8. The lowest BCUT2D eigenvalue weighted by molar-refractivity contribution is 0.00906. The molecule has 366 valence electrons. The van der Waals surface area contributed by atoms with Crippen LogP contribution >= 0.6 is 0 Å². The lowest BCUT2D eigenvalue weighted by Gasteiger charge is -2.36. The number of piperidine rings is 2. The van der Waals surface area contributed by atoms with Crippen LogP contribution in [0.5, 0.6) is 0 Å². The van der Waals surface area contributed by atoms with Crippen molar-refractivity contribution in [1.29, 1.82) is 0 Å². The van der Waals surface area contributed by atoms with Crippen molar-refractivity contribution in [1.82, 2.24) is 56.0 Å².